The molecule has 1 aliphatic rings. The fourth-order valence-corrected chi connectivity index (χ4v) is 11.2. The Bertz CT molecular complexity index is 1260. The van der Waals surface area contributed by atoms with Crippen LogP contribution >= 0.6 is 0 Å². The average molecular weight is 1090 g/mol. The number of carbonyl (C=O) groups excluding carboxylic acids is 1. The number of amides is 1. The van der Waals surface area contributed by atoms with Gasteiger partial charge in [0.05, 0.1) is 25.4 Å². The summed E-state index contributed by atoms with van der Waals surface area (Å²) in [5, 5.41) is 54.5. The van der Waals surface area contributed by atoms with Gasteiger partial charge < -0.3 is 40.3 Å². The molecule has 1 amide bonds. The van der Waals surface area contributed by atoms with Crippen molar-refractivity contribution in [3.05, 3.63) is 24.3 Å². The minimum absolute atomic E-state index is 0.170. The number of carbonyl (C=O) groups is 1. The summed E-state index contributed by atoms with van der Waals surface area (Å²) in [5.74, 6) is -0.170. The quantitative estimate of drug-likeness (QED) is 0.0261. The third-order valence-corrected chi connectivity index (χ3v) is 16.5. The third kappa shape index (κ3) is 46.9. The summed E-state index contributed by atoms with van der Waals surface area (Å²) in [4.78, 5) is 13.1. The number of rotatable bonds is 60. The van der Waals surface area contributed by atoms with E-state index in [9.17, 15) is 30.3 Å². The molecule has 0 aromatic carbocycles. The van der Waals surface area contributed by atoms with E-state index in [0.717, 1.165) is 38.5 Å². The Labute approximate surface area is 477 Å². The standard InChI is InChI=1S/C68H131NO8/c1-3-5-7-9-11-13-15-17-18-19-20-21-22-23-24-25-26-27-28-29-30-31-32-33-34-35-36-37-38-39-40-41-42-43-44-46-48-50-52-54-56-58-64(72)69-61(60-76-68-67(75)66(74)65(73)63(59-70)77-68)62(71)57-55-53-51-49-47-45-16-14-12-10-8-6-4-2/h19-20,55,57,61-63,65-68,70-71,73-75H,3-18,21-54,56,58-60H2,1-2H3,(H,69,72)/b20-19-,57-55+. The molecule has 0 saturated carbocycles. The highest BCUT2D eigenvalue weighted by Crippen LogP contribution is 2.23. The maximum absolute atomic E-state index is 13.1. The summed E-state index contributed by atoms with van der Waals surface area (Å²) in [5.41, 5.74) is 0. The van der Waals surface area contributed by atoms with E-state index >= 15 is 0 Å². The van der Waals surface area contributed by atoms with Crippen LogP contribution in [-0.2, 0) is 14.3 Å². The topological polar surface area (TPSA) is 149 Å². The van der Waals surface area contributed by atoms with Gasteiger partial charge in [-0.15, -0.1) is 0 Å². The Morgan fingerprint density at radius 3 is 1.05 bits per heavy atom. The molecule has 0 aromatic heterocycles. The first-order valence-corrected chi connectivity index (χ1v) is 34.1. The van der Waals surface area contributed by atoms with Gasteiger partial charge in [0.15, 0.2) is 6.29 Å². The van der Waals surface area contributed by atoms with Crippen molar-refractivity contribution in [1.29, 1.82) is 0 Å². The van der Waals surface area contributed by atoms with Crippen LogP contribution in [0.4, 0.5) is 0 Å². The minimum atomic E-state index is -1.56. The van der Waals surface area contributed by atoms with Crippen LogP contribution < -0.4 is 5.32 Å². The summed E-state index contributed by atoms with van der Waals surface area (Å²) < 4.78 is 11.3. The highest BCUT2D eigenvalue weighted by atomic mass is 16.7. The molecule has 1 heterocycles. The largest absolute Gasteiger partial charge is 0.394 e. The lowest BCUT2D eigenvalue weighted by atomic mass is 9.99. The second-order valence-electron chi connectivity index (χ2n) is 24.0. The lowest BCUT2D eigenvalue weighted by Crippen LogP contribution is -2.60. The van der Waals surface area contributed by atoms with Crippen molar-refractivity contribution in [3.63, 3.8) is 0 Å². The molecule has 7 unspecified atom stereocenters. The van der Waals surface area contributed by atoms with Crippen molar-refractivity contribution < 1.29 is 39.8 Å². The van der Waals surface area contributed by atoms with Crippen LogP contribution in [0.2, 0.25) is 0 Å². The van der Waals surface area contributed by atoms with Gasteiger partial charge in [0.1, 0.15) is 24.4 Å². The number of allylic oxidation sites excluding steroid dienone is 3. The van der Waals surface area contributed by atoms with E-state index < -0.39 is 49.5 Å². The fourth-order valence-electron chi connectivity index (χ4n) is 11.2. The Balaban J connectivity index is 1.99. The number of unbranched alkanes of at least 4 members (excludes halogenated alkanes) is 48. The van der Waals surface area contributed by atoms with Gasteiger partial charge in [0.2, 0.25) is 5.91 Å². The summed E-state index contributed by atoms with van der Waals surface area (Å²) >= 11 is 0. The molecule has 0 radical (unpaired) electrons. The summed E-state index contributed by atoms with van der Waals surface area (Å²) in [6, 6.07) is -0.801. The van der Waals surface area contributed by atoms with Crippen LogP contribution in [0.25, 0.3) is 0 Å². The Kier molecular flexibility index (Phi) is 55.4. The third-order valence-electron chi connectivity index (χ3n) is 16.5. The van der Waals surface area contributed by atoms with Gasteiger partial charge in [-0.25, -0.2) is 0 Å². The number of ether oxygens (including phenoxy) is 2. The highest BCUT2D eigenvalue weighted by molar-refractivity contribution is 5.76. The Morgan fingerprint density at radius 1 is 0.429 bits per heavy atom. The van der Waals surface area contributed by atoms with E-state index in [-0.39, 0.29) is 12.5 Å². The van der Waals surface area contributed by atoms with Gasteiger partial charge in [0.25, 0.3) is 0 Å². The molecule has 0 aliphatic carbocycles. The van der Waals surface area contributed by atoms with Crippen molar-refractivity contribution in [1.82, 2.24) is 5.32 Å². The van der Waals surface area contributed by atoms with E-state index in [1.165, 1.54) is 289 Å². The second-order valence-corrected chi connectivity index (χ2v) is 24.0. The van der Waals surface area contributed by atoms with Gasteiger partial charge in [-0.05, 0) is 44.9 Å². The molecule has 1 saturated heterocycles. The van der Waals surface area contributed by atoms with E-state index in [0.29, 0.717) is 6.42 Å². The lowest BCUT2D eigenvalue weighted by molar-refractivity contribution is -0.302. The number of hydrogen-bond donors (Lipinski definition) is 6. The van der Waals surface area contributed by atoms with Gasteiger partial charge in [-0.3, -0.25) is 4.79 Å². The zero-order chi connectivity index (χ0) is 55.8. The van der Waals surface area contributed by atoms with Gasteiger partial charge in [-0.2, -0.15) is 0 Å². The molecule has 9 heteroatoms. The number of hydrogen-bond acceptors (Lipinski definition) is 8. The van der Waals surface area contributed by atoms with E-state index in [1.807, 2.05) is 6.08 Å². The first-order valence-electron chi connectivity index (χ1n) is 34.1. The molecule has 0 spiro atoms. The van der Waals surface area contributed by atoms with E-state index in [1.54, 1.807) is 6.08 Å². The van der Waals surface area contributed by atoms with Crippen LogP contribution in [0.3, 0.4) is 0 Å². The van der Waals surface area contributed by atoms with Crippen LogP contribution in [0.15, 0.2) is 24.3 Å². The maximum Gasteiger partial charge on any atom is 0.220 e. The summed E-state index contributed by atoms with van der Waals surface area (Å²) in [6.07, 6.45) is 68.8. The highest BCUT2D eigenvalue weighted by Gasteiger charge is 2.44. The number of nitrogens with one attached hydrogen (secondary N) is 1. The lowest BCUT2D eigenvalue weighted by Gasteiger charge is -2.40. The van der Waals surface area contributed by atoms with Crippen molar-refractivity contribution in [2.24, 2.45) is 0 Å². The number of aliphatic hydroxyl groups excluding tert-OH is 5. The van der Waals surface area contributed by atoms with Crippen LogP contribution in [0, 0.1) is 0 Å². The first kappa shape index (κ1) is 73.7. The fraction of sp³-hybridized carbons (Fsp3) is 0.926. The molecule has 77 heavy (non-hydrogen) atoms. The van der Waals surface area contributed by atoms with Gasteiger partial charge >= 0.3 is 0 Å². The summed E-state index contributed by atoms with van der Waals surface area (Å²) in [6.45, 7) is 3.81. The first-order chi connectivity index (χ1) is 37.8. The molecule has 1 rings (SSSR count). The zero-order valence-corrected chi connectivity index (χ0v) is 51.0. The van der Waals surface area contributed by atoms with Crippen molar-refractivity contribution in [2.45, 2.75) is 391 Å². The van der Waals surface area contributed by atoms with E-state index in [2.05, 4.69) is 31.3 Å². The van der Waals surface area contributed by atoms with Crippen molar-refractivity contribution in [3.8, 4) is 0 Å². The summed E-state index contributed by atoms with van der Waals surface area (Å²) in [7, 11) is 0. The SMILES string of the molecule is CCCCCCCCCC/C=C\CCCCCCCCCCCCCCCCCCCCCCCCCCCCCCCC(=O)NC(COC1OC(CO)C(O)C(O)C1O)C(O)/C=C/CCCCCCCCCCCCC. The van der Waals surface area contributed by atoms with Crippen LogP contribution in [0.5, 0.6) is 0 Å². The predicted molar refractivity (Wildman–Crippen MR) is 327 cm³/mol. The normalized spacial score (nSPS) is 18.8. The van der Waals surface area contributed by atoms with Crippen LogP contribution in [-0.4, -0.2) is 87.5 Å². The molecule has 0 bridgehead atoms. The molecule has 6 N–H and O–H groups in total. The molecule has 456 valence electrons. The van der Waals surface area contributed by atoms with Crippen molar-refractivity contribution in [2.75, 3.05) is 13.2 Å². The predicted octanol–water partition coefficient (Wildman–Crippen LogP) is 18.1. The van der Waals surface area contributed by atoms with E-state index in [4.69, 9.17) is 9.47 Å². The monoisotopic (exact) mass is 1090 g/mol. The van der Waals surface area contributed by atoms with Crippen molar-refractivity contribution >= 4 is 5.91 Å². The second kappa shape index (κ2) is 57.9. The Hall–Kier alpha value is -1.33. The van der Waals surface area contributed by atoms with Gasteiger partial charge in [-0.1, -0.05) is 321 Å². The number of aliphatic hydroxyl groups is 5. The minimum Gasteiger partial charge on any atom is -0.394 e. The zero-order valence-electron chi connectivity index (χ0n) is 51.0. The smallest absolute Gasteiger partial charge is 0.220 e. The maximum atomic E-state index is 13.1. The average Bonchev–Trinajstić information content (AvgIpc) is 3.43. The van der Waals surface area contributed by atoms with Gasteiger partial charge in [0, 0.05) is 6.42 Å². The van der Waals surface area contributed by atoms with Crippen LogP contribution in [0.1, 0.15) is 348 Å². The molecular weight excluding hydrogens is 959 g/mol. The molecule has 1 aliphatic heterocycles. The molecule has 9 nitrogen and oxygen atoms in total. The molecule has 1 fully saturated rings. The molecule has 7 atom stereocenters. The molecule has 0 aromatic rings. The Morgan fingerprint density at radius 2 is 0.727 bits per heavy atom. The molecular formula is C68H131NO8.